The lowest BCUT2D eigenvalue weighted by molar-refractivity contribution is -0.136. The third kappa shape index (κ3) is 2.45. The van der Waals surface area contributed by atoms with Gasteiger partial charge in [0, 0.05) is 8.04 Å². The second-order valence-corrected chi connectivity index (χ2v) is 4.58. The Balaban J connectivity index is 3.31. The van der Waals surface area contributed by atoms with E-state index in [1.165, 1.54) is 0 Å². The van der Waals surface area contributed by atoms with Gasteiger partial charge >= 0.3 is 5.97 Å². The highest BCUT2D eigenvalue weighted by Crippen LogP contribution is 2.25. The molecule has 1 aromatic carbocycles. The molecule has 0 bridgehead atoms. The second-order valence-electron chi connectivity index (χ2n) is 2.57. The highest BCUT2D eigenvalue weighted by Gasteiger charge is 2.13. The molecule has 1 N–H and O–H groups in total. The molecular weight excluding hydrogens is 361 g/mol. The Bertz CT molecular complexity index is 426. The zero-order chi connectivity index (χ0) is 10.7. The van der Waals surface area contributed by atoms with Gasteiger partial charge in [-0.1, -0.05) is 0 Å². The minimum absolute atomic E-state index is 0.124. The quantitative estimate of drug-likeness (QED) is 0.819. The molecule has 1 aromatic rings. The van der Waals surface area contributed by atoms with Crippen molar-refractivity contribution in [3.63, 3.8) is 0 Å². The first-order valence-corrected chi connectivity index (χ1v) is 5.52. The van der Waals surface area contributed by atoms with Crippen molar-refractivity contribution in [2.75, 3.05) is 0 Å². The molecule has 0 unspecified atom stereocenters. The summed E-state index contributed by atoms with van der Waals surface area (Å²) < 4.78 is 1.43. The van der Waals surface area contributed by atoms with E-state index in [9.17, 15) is 4.79 Å². The van der Waals surface area contributed by atoms with Crippen LogP contribution in [0.1, 0.15) is 11.1 Å². The number of hydrogen-bond acceptors (Lipinski definition) is 2. The molecule has 0 fully saturated rings. The first-order chi connectivity index (χ1) is 6.56. The van der Waals surface area contributed by atoms with Crippen molar-refractivity contribution in [2.45, 2.75) is 6.42 Å². The van der Waals surface area contributed by atoms with E-state index in [0.29, 0.717) is 15.6 Å². The molecule has 0 aliphatic heterocycles. The molecule has 0 saturated carbocycles. The molecule has 1 rings (SSSR count). The zero-order valence-corrected chi connectivity index (χ0v) is 10.7. The molecule has 0 amide bonds. The van der Waals surface area contributed by atoms with Gasteiger partial charge in [-0.05, 0) is 56.2 Å². The summed E-state index contributed by atoms with van der Waals surface area (Å²) in [6.45, 7) is 0. The van der Waals surface area contributed by atoms with Crippen molar-refractivity contribution < 1.29 is 9.90 Å². The topological polar surface area (TPSA) is 61.1 Å². The van der Waals surface area contributed by atoms with Crippen molar-refractivity contribution in [1.29, 1.82) is 5.26 Å². The maximum atomic E-state index is 10.6. The molecule has 0 aliphatic carbocycles. The lowest BCUT2D eigenvalue weighted by atomic mass is 10.1. The summed E-state index contributed by atoms with van der Waals surface area (Å²) in [4.78, 5) is 10.6. The molecule has 5 heteroatoms. The number of carbonyl (C=O) groups is 1. The number of nitrogens with zero attached hydrogens (tertiary/aromatic N) is 1. The minimum Gasteiger partial charge on any atom is -0.481 e. The number of carboxylic acid groups (broad SMARTS) is 1. The smallest absolute Gasteiger partial charge is 0.307 e. The van der Waals surface area contributed by atoms with Crippen LogP contribution in [0, 0.1) is 14.9 Å². The highest BCUT2D eigenvalue weighted by molar-refractivity contribution is 14.1. The van der Waals surface area contributed by atoms with E-state index >= 15 is 0 Å². The van der Waals surface area contributed by atoms with Crippen LogP contribution in [0.4, 0.5) is 0 Å². The van der Waals surface area contributed by atoms with E-state index in [0.717, 1.165) is 3.57 Å². The van der Waals surface area contributed by atoms with Gasteiger partial charge in [0.15, 0.2) is 0 Å². The average molecular weight is 366 g/mol. The lowest BCUT2D eigenvalue weighted by Gasteiger charge is -2.05. The van der Waals surface area contributed by atoms with Crippen LogP contribution in [0.5, 0.6) is 0 Å². The van der Waals surface area contributed by atoms with Crippen molar-refractivity contribution in [2.24, 2.45) is 0 Å². The highest BCUT2D eigenvalue weighted by atomic mass is 127. The fourth-order valence-electron chi connectivity index (χ4n) is 1.04. The number of carboxylic acids is 1. The predicted octanol–water partition coefficient (Wildman–Crippen LogP) is 2.55. The maximum absolute atomic E-state index is 10.6. The zero-order valence-electron chi connectivity index (χ0n) is 6.92. The molecule has 0 aromatic heterocycles. The summed E-state index contributed by atoms with van der Waals surface area (Å²) in [6.07, 6.45) is -0.124. The molecule has 3 nitrogen and oxygen atoms in total. The summed E-state index contributed by atoms with van der Waals surface area (Å²) in [7, 11) is 0. The molecule has 14 heavy (non-hydrogen) atoms. The monoisotopic (exact) mass is 365 g/mol. The third-order valence-electron chi connectivity index (χ3n) is 1.64. The predicted molar refractivity (Wildman–Crippen MR) is 62.9 cm³/mol. The van der Waals surface area contributed by atoms with Gasteiger partial charge in [-0.25, -0.2) is 0 Å². The summed E-state index contributed by atoms with van der Waals surface area (Å²) in [5, 5.41) is 17.5. The van der Waals surface area contributed by atoms with Gasteiger partial charge in [0.1, 0.15) is 6.07 Å². The Morgan fingerprint density at radius 3 is 2.79 bits per heavy atom. The van der Waals surface area contributed by atoms with Gasteiger partial charge in [0.2, 0.25) is 0 Å². The summed E-state index contributed by atoms with van der Waals surface area (Å²) >= 11 is 5.24. The van der Waals surface area contributed by atoms with Crippen LogP contribution in [0.2, 0.25) is 0 Å². The molecular formula is C9H5BrINO2. The standard InChI is InChI=1S/C9H5BrINO2/c10-7-1-2-8(11)5(3-9(13)14)6(7)4-12/h1-2H,3H2,(H,13,14). The Morgan fingerprint density at radius 1 is 1.64 bits per heavy atom. The van der Waals surface area contributed by atoms with Crippen LogP contribution in [-0.4, -0.2) is 11.1 Å². The van der Waals surface area contributed by atoms with E-state index in [1.807, 2.05) is 28.7 Å². The summed E-state index contributed by atoms with van der Waals surface area (Å²) in [5.41, 5.74) is 0.967. The third-order valence-corrected chi connectivity index (χ3v) is 3.32. The van der Waals surface area contributed by atoms with Crippen molar-refractivity contribution >= 4 is 44.5 Å². The molecule has 72 valence electrons. The van der Waals surface area contributed by atoms with Crippen LogP contribution < -0.4 is 0 Å². The SMILES string of the molecule is N#Cc1c(Br)ccc(I)c1CC(=O)O. The second kappa shape index (κ2) is 4.75. The first-order valence-electron chi connectivity index (χ1n) is 3.65. The van der Waals surface area contributed by atoms with Crippen LogP contribution in [0.25, 0.3) is 0 Å². The molecule has 0 spiro atoms. The Kier molecular flexibility index (Phi) is 3.89. The summed E-state index contributed by atoms with van der Waals surface area (Å²) in [5.74, 6) is -0.933. The van der Waals surface area contributed by atoms with Gasteiger partial charge in [0.25, 0.3) is 0 Å². The van der Waals surface area contributed by atoms with E-state index in [2.05, 4.69) is 15.9 Å². The van der Waals surface area contributed by atoms with Gasteiger partial charge in [-0.15, -0.1) is 0 Å². The Labute approximate surface area is 103 Å². The Hall–Kier alpha value is -0.610. The van der Waals surface area contributed by atoms with Crippen LogP contribution in [0.3, 0.4) is 0 Å². The van der Waals surface area contributed by atoms with Crippen LogP contribution in [0.15, 0.2) is 16.6 Å². The fourth-order valence-corrected chi connectivity index (χ4v) is 2.14. The van der Waals surface area contributed by atoms with E-state index in [4.69, 9.17) is 10.4 Å². The molecule has 0 saturated heterocycles. The lowest BCUT2D eigenvalue weighted by Crippen LogP contribution is -2.04. The molecule has 0 atom stereocenters. The maximum Gasteiger partial charge on any atom is 0.307 e. The van der Waals surface area contributed by atoms with E-state index in [-0.39, 0.29) is 6.42 Å². The van der Waals surface area contributed by atoms with Gasteiger partial charge in [-0.2, -0.15) is 5.26 Å². The number of nitriles is 1. The molecule has 0 aliphatic rings. The average Bonchev–Trinajstić information content (AvgIpc) is 2.11. The summed E-state index contributed by atoms with van der Waals surface area (Å²) in [6, 6.07) is 5.52. The van der Waals surface area contributed by atoms with Gasteiger partial charge < -0.3 is 5.11 Å². The van der Waals surface area contributed by atoms with Gasteiger partial charge in [0.05, 0.1) is 12.0 Å². The van der Waals surface area contributed by atoms with Crippen molar-refractivity contribution in [1.82, 2.24) is 0 Å². The Morgan fingerprint density at radius 2 is 2.29 bits per heavy atom. The molecule has 0 heterocycles. The van der Waals surface area contributed by atoms with Crippen molar-refractivity contribution in [3.8, 4) is 6.07 Å². The number of benzene rings is 1. The van der Waals surface area contributed by atoms with Crippen LogP contribution in [-0.2, 0) is 11.2 Å². The van der Waals surface area contributed by atoms with E-state index in [1.54, 1.807) is 12.1 Å². The molecule has 0 radical (unpaired) electrons. The minimum atomic E-state index is -0.933. The van der Waals surface area contributed by atoms with Crippen LogP contribution >= 0.6 is 38.5 Å². The number of hydrogen-bond donors (Lipinski definition) is 1. The van der Waals surface area contributed by atoms with Gasteiger partial charge in [-0.3, -0.25) is 4.79 Å². The first kappa shape index (κ1) is 11.5. The van der Waals surface area contributed by atoms with E-state index < -0.39 is 5.97 Å². The number of halogens is 2. The van der Waals surface area contributed by atoms with Crippen molar-refractivity contribution in [3.05, 3.63) is 31.3 Å². The number of rotatable bonds is 2. The largest absolute Gasteiger partial charge is 0.481 e. The fraction of sp³-hybridized carbons (Fsp3) is 0.111. The number of aliphatic carboxylic acids is 1. The normalized spacial score (nSPS) is 9.50.